The molecule has 0 radical (unpaired) electrons. The number of unbranched alkanes of at least 4 members (excludes halogenated alkanes) is 7. The van der Waals surface area contributed by atoms with E-state index in [0.29, 0.717) is 5.25 Å². The Labute approximate surface area is 210 Å². The van der Waals surface area contributed by atoms with Crippen molar-refractivity contribution in [3.05, 3.63) is 91.0 Å². The summed E-state index contributed by atoms with van der Waals surface area (Å²) >= 11 is 3.13. The van der Waals surface area contributed by atoms with Crippen molar-refractivity contribution in [2.24, 2.45) is 0 Å². The van der Waals surface area contributed by atoms with Gasteiger partial charge in [-0.25, -0.2) is 0 Å². The van der Waals surface area contributed by atoms with Crippen LogP contribution in [-0.4, -0.2) is 25.0 Å². The molecule has 3 aromatic rings. The van der Waals surface area contributed by atoms with Crippen molar-refractivity contribution in [1.29, 1.82) is 0 Å². The van der Waals surface area contributed by atoms with E-state index in [9.17, 15) is 0 Å². The predicted octanol–water partition coefficient (Wildman–Crippen LogP) is 6.66. The van der Waals surface area contributed by atoms with E-state index in [-0.39, 0.29) is 0 Å². The third-order valence-electron chi connectivity index (χ3n) is 5.65. The second-order valence-electron chi connectivity index (χ2n) is 8.55. The number of hydrogen-bond donors (Lipinski definition) is 0. The quantitative estimate of drug-likeness (QED) is 0.138. The molecule has 0 fully saturated rings. The van der Waals surface area contributed by atoms with Gasteiger partial charge in [-0.3, -0.25) is 0 Å². The van der Waals surface area contributed by atoms with Crippen LogP contribution in [0.1, 0.15) is 71.6 Å². The first-order valence-electron chi connectivity index (χ1n) is 12.4. The number of benzene rings is 3. The minimum atomic E-state index is -1.98. The van der Waals surface area contributed by atoms with E-state index in [1.54, 1.807) is 0 Å². The Morgan fingerprint density at radius 3 is 1.25 bits per heavy atom. The summed E-state index contributed by atoms with van der Waals surface area (Å²) in [5.41, 5.74) is 0. The van der Waals surface area contributed by atoms with Crippen LogP contribution >= 0.6 is 0 Å². The molecule has 32 heavy (non-hydrogen) atoms. The Morgan fingerprint density at radius 1 is 0.562 bits per heavy atom. The van der Waals surface area contributed by atoms with Gasteiger partial charge in [0, 0.05) is 0 Å². The molecule has 0 saturated heterocycles. The third-order valence-corrected chi connectivity index (χ3v) is 13.7. The van der Waals surface area contributed by atoms with Gasteiger partial charge in [-0.1, -0.05) is 71.6 Å². The maximum atomic E-state index is 5.11. The Bertz CT molecular complexity index is 708. The molecule has 0 aliphatic carbocycles. The van der Waals surface area contributed by atoms with Crippen LogP contribution in [0.4, 0.5) is 0 Å². The molecule has 1 atom stereocenters. The van der Waals surface area contributed by atoms with Crippen LogP contribution in [0.2, 0.25) is 0 Å². The molecular weight excluding hydrogens is 511 g/mol. The zero-order valence-corrected chi connectivity index (χ0v) is 23.7. The second kappa shape index (κ2) is 17.3. The summed E-state index contributed by atoms with van der Waals surface area (Å²) in [6.07, 6.45) is 12.5. The summed E-state index contributed by atoms with van der Waals surface area (Å²) in [6, 6.07) is 32.9. The molecule has 0 bridgehead atoms. The van der Waals surface area contributed by atoms with Gasteiger partial charge in [-0.2, -0.15) is 5.25 Å². The second-order valence-corrected chi connectivity index (χ2v) is 16.4. The molecule has 0 amide bonds. The van der Waals surface area contributed by atoms with Gasteiger partial charge in [0.05, 0.1) is 0 Å². The van der Waals surface area contributed by atoms with Crippen molar-refractivity contribution >= 4 is 43.1 Å². The van der Waals surface area contributed by atoms with E-state index in [0.717, 1.165) is 0 Å². The molecule has 0 aromatic heterocycles. The summed E-state index contributed by atoms with van der Waals surface area (Å²) < 4.78 is 4.59. The SMILES string of the molecule is CCCCCCCCCCC(C)[S-].c1cc[c]([Sn+]([c]2ccccc2)[c]2ccccc2)cc1. The van der Waals surface area contributed by atoms with Crippen LogP contribution in [0.5, 0.6) is 0 Å². The molecule has 2 heteroatoms. The Morgan fingerprint density at radius 2 is 0.906 bits per heavy atom. The van der Waals surface area contributed by atoms with Gasteiger partial charge in [0.15, 0.2) is 0 Å². The van der Waals surface area contributed by atoms with E-state index < -0.39 is 19.8 Å². The average molecular weight is 551 g/mol. The molecule has 0 saturated carbocycles. The first-order valence-corrected chi connectivity index (χ1v) is 17.2. The average Bonchev–Trinajstić information content (AvgIpc) is 2.83. The summed E-state index contributed by atoms with van der Waals surface area (Å²) in [7, 11) is 0. The number of hydrogen-bond acceptors (Lipinski definition) is 1. The molecule has 0 aliphatic heterocycles. The summed E-state index contributed by atoms with van der Waals surface area (Å²) in [6.45, 7) is 4.40. The first kappa shape index (κ1) is 27.1. The third kappa shape index (κ3) is 11.1. The molecule has 170 valence electrons. The van der Waals surface area contributed by atoms with Crippen LogP contribution in [0, 0.1) is 0 Å². The molecule has 0 heterocycles. The zero-order valence-electron chi connectivity index (χ0n) is 20.0. The molecule has 3 rings (SSSR count). The molecule has 0 spiro atoms. The van der Waals surface area contributed by atoms with Crippen LogP contribution in [0.25, 0.3) is 0 Å². The fraction of sp³-hybridized carbons (Fsp3) is 0.400. The van der Waals surface area contributed by atoms with E-state index in [1.165, 1.54) is 68.5 Å². The molecule has 0 nitrogen and oxygen atoms in total. The minimum absolute atomic E-state index is 0.486. The maximum absolute atomic E-state index is 5.11. The van der Waals surface area contributed by atoms with E-state index in [4.69, 9.17) is 12.6 Å². The molecule has 1 unspecified atom stereocenters. The van der Waals surface area contributed by atoms with Crippen LogP contribution in [-0.2, 0) is 12.6 Å². The van der Waals surface area contributed by atoms with Crippen molar-refractivity contribution in [3.63, 3.8) is 0 Å². The predicted molar refractivity (Wildman–Crippen MR) is 148 cm³/mol. The molecule has 0 N–H and O–H groups in total. The van der Waals surface area contributed by atoms with E-state index in [1.807, 2.05) is 0 Å². The van der Waals surface area contributed by atoms with Gasteiger partial charge in [-0.05, 0) is 0 Å². The topological polar surface area (TPSA) is 0 Å². The van der Waals surface area contributed by atoms with Crippen molar-refractivity contribution in [2.45, 2.75) is 76.9 Å². The fourth-order valence-electron chi connectivity index (χ4n) is 3.88. The molecular formula is C30H40SSn. The molecule has 3 aromatic carbocycles. The van der Waals surface area contributed by atoms with Gasteiger partial charge in [-0.15, -0.1) is 0 Å². The monoisotopic (exact) mass is 552 g/mol. The Kier molecular flexibility index (Phi) is 14.6. The van der Waals surface area contributed by atoms with Crippen molar-refractivity contribution in [3.8, 4) is 0 Å². The van der Waals surface area contributed by atoms with Gasteiger partial charge in [0.1, 0.15) is 0 Å². The summed E-state index contributed by atoms with van der Waals surface area (Å²) in [5, 5.41) is 0.486. The normalized spacial score (nSPS) is 11.3. The molecule has 0 aliphatic rings. The van der Waals surface area contributed by atoms with Crippen molar-refractivity contribution in [1.82, 2.24) is 0 Å². The van der Waals surface area contributed by atoms with E-state index in [2.05, 4.69) is 105 Å². The van der Waals surface area contributed by atoms with E-state index >= 15 is 0 Å². The van der Waals surface area contributed by atoms with Gasteiger partial charge in [0.2, 0.25) is 0 Å². The van der Waals surface area contributed by atoms with Crippen LogP contribution < -0.4 is 10.7 Å². The first-order chi connectivity index (χ1) is 15.7. The zero-order chi connectivity index (χ0) is 22.9. The summed E-state index contributed by atoms with van der Waals surface area (Å²) in [5.74, 6) is 0. The van der Waals surface area contributed by atoms with Crippen LogP contribution in [0.3, 0.4) is 0 Å². The van der Waals surface area contributed by atoms with Gasteiger partial charge in [0.25, 0.3) is 0 Å². The van der Waals surface area contributed by atoms with Crippen LogP contribution in [0.15, 0.2) is 91.0 Å². The van der Waals surface area contributed by atoms with Gasteiger partial charge < -0.3 is 12.6 Å². The number of rotatable bonds is 12. The van der Waals surface area contributed by atoms with Crippen molar-refractivity contribution in [2.75, 3.05) is 0 Å². The van der Waals surface area contributed by atoms with Crippen molar-refractivity contribution < 1.29 is 0 Å². The summed E-state index contributed by atoms with van der Waals surface area (Å²) in [4.78, 5) is 0. The van der Waals surface area contributed by atoms with Gasteiger partial charge >= 0.3 is 121 Å². The standard InChI is InChI=1S/C12H26S.3C6H5.Sn/c1-3-4-5-6-7-8-9-10-11-12(2)13;3*1-2-4-6-5-3-1;/h12-13H,3-11H2,1-2H3;3*1-5H;/q;;;;+1/p-1. The fourth-order valence-corrected chi connectivity index (χ4v) is 11.4. The Hall–Kier alpha value is -1.19. The Balaban J connectivity index is 0.000000247.